The fraction of sp³-hybridized carbons (Fsp3) is 0.0455. The van der Waals surface area contributed by atoms with E-state index >= 15 is 0 Å². The van der Waals surface area contributed by atoms with E-state index in [0.29, 0.717) is 27.8 Å². The fourth-order valence-electron chi connectivity index (χ4n) is 2.87. The third kappa shape index (κ3) is 4.96. The molecule has 10 heteroatoms. The lowest BCUT2D eigenvalue weighted by Gasteiger charge is -2.02. The average molecular weight is 466 g/mol. The minimum Gasteiger partial charge on any atom is -0.292 e. The summed E-state index contributed by atoms with van der Waals surface area (Å²) in [5.74, 6) is 0.450. The number of H-pyrrole nitrogens is 1. The zero-order valence-corrected chi connectivity index (χ0v) is 18.1. The van der Waals surface area contributed by atoms with Gasteiger partial charge in [-0.1, -0.05) is 29.8 Å². The van der Waals surface area contributed by atoms with Crippen LogP contribution in [0, 0.1) is 10.1 Å². The van der Waals surface area contributed by atoms with Crippen molar-refractivity contribution >= 4 is 40.4 Å². The van der Waals surface area contributed by atoms with Gasteiger partial charge in [-0.05, 0) is 48.5 Å². The number of non-ortho nitro benzene ring substituents is 1. The third-order valence-electron chi connectivity index (χ3n) is 4.48. The van der Waals surface area contributed by atoms with Crippen LogP contribution in [-0.4, -0.2) is 14.7 Å². The number of azo groups is 1. The number of halogens is 1. The number of benzene rings is 3. The first-order valence-electron chi connectivity index (χ1n) is 9.45. The van der Waals surface area contributed by atoms with E-state index in [1.807, 2.05) is 42.5 Å². The van der Waals surface area contributed by atoms with Gasteiger partial charge in [-0.15, -0.1) is 16.9 Å². The van der Waals surface area contributed by atoms with Crippen LogP contribution in [0.2, 0.25) is 5.02 Å². The highest BCUT2D eigenvalue weighted by molar-refractivity contribution is 7.98. The van der Waals surface area contributed by atoms with E-state index in [9.17, 15) is 14.9 Å². The van der Waals surface area contributed by atoms with Gasteiger partial charge in [0, 0.05) is 27.8 Å². The summed E-state index contributed by atoms with van der Waals surface area (Å²) < 4.78 is 1.42. The van der Waals surface area contributed by atoms with Gasteiger partial charge in [0.25, 0.3) is 11.2 Å². The zero-order valence-electron chi connectivity index (χ0n) is 16.5. The summed E-state index contributed by atoms with van der Waals surface area (Å²) >= 11 is 7.47. The molecule has 0 bridgehead atoms. The molecular weight excluding hydrogens is 450 g/mol. The number of nitro groups is 1. The molecule has 0 saturated carbocycles. The molecule has 1 N–H and O–H groups in total. The SMILES string of the molecule is O=c1c(N=Nc2ccc([N+](=O)[O-])cc2)c(CSc2ccc(Cl)cc2)[nH]n1-c1ccccc1. The summed E-state index contributed by atoms with van der Waals surface area (Å²) in [5.41, 5.74) is 1.47. The molecule has 0 amide bonds. The van der Waals surface area contributed by atoms with Crippen LogP contribution in [0.25, 0.3) is 5.69 Å². The first-order valence-corrected chi connectivity index (χ1v) is 10.8. The summed E-state index contributed by atoms with van der Waals surface area (Å²) in [4.78, 5) is 24.4. The van der Waals surface area contributed by atoms with E-state index in [-0.39, 0.29) is 16.9 Å². The molecule has 0 radical (unpaired) electrons. The number of nitrogens with zero attached hydrogens (tertiary/aromatic N) is 4. The van der Waals surface area contributed by atoms with Gasteiger partial charge in [0.05, 0.1) is 22.0 Å². The predicted molar refractivity (Wildman–Crippen MR) is 125 cm³/mol. The Balaban J connectivity index is 1.66. The Morgan fingerprint density at radius 2 is 1.66 bits per heavy atom. The molecule has 0 aliphatic rings. The minimum absolute atomic E-state index is 0.0444. The number of rotatable bonds is 7. The first-order chi connectivity index (χ1) is 15.5. The van der Waals surface area contributed by atoms with Gasteiger partial charge in [0.1, 0.15) is 0 Å². The molecule has 0 fully saturated rings. The van der Waals surface area contributed by atoms with Crippen LogP contribution in [0.15, 0.2) is 98.8 Å². The maximum Gasteiger partial charge on any atom is 0.299 e. The molecule has 0 aliphatic carbocycles. The molecule has 160 valence electrons. The molecule has 4 aromatic rings. The van der Waals surface area contributed by atoms with Gasteiger partial charge in [-0.2, -0.15) is 5.11 Å². The van der Waals surface area contributed by atoms with E-state index in [2.05, 4.69) is 15.3 Å². The van der Waals surface area contributed by atoms with Crippen molar-refractivity contribution < 1.29 is 4.92 Å². The second kappa shape index (κ2) is 9.63. The van der Waals surface area contributed by atoms with E-state index in [1.165, 1.54) is 40.7 Å². The van der Waals surface area contributed by atoms with Crippen molar-refractivity contribution in [1.82, 2.24) is 9.78 Å². The standard InChI is InChI=1S/C22H16ClN5O3S/c23-15-6-12-19(13-7-15)32-14-20-21(22(29)27(26-20)17-4-2-1-3-5-17)25-24-16-8-10-18(11-9-16)28(30)31/h1-13,26H,14H2. The van der Waals surface area contributed by atoms with E-state index < -0.39 is 4.92 Å². The first kappa shape index (κ1) is 21.5. The van der Waals surface area contributed by atoms with Crippen molar-refractivity contribution in [3.63, 3.8) is 0 Å². The van der Waals surface area contributed by atoms with Crippen molar-refractivity contribution in [2.24, 2.45) is 10.2 Å². The second-order valence-corrected chi connectivity index (χ2v) is 8.12. The number of aromatic nitrogens is 2. The van der Waals surface area contributed by atoms with Gasteiger partial charge in [0.15, 0.2) is 5.69 Å². The Kier molecular flexibility index (Phi) is 6.48. The molecule has 0 unspecified atom stereocenters. The molecule has 0 spiro atoms. The Hall–Kier alpha value is -3.69. The molecular formula is C22H16ClN5O3S. The van der Waals surface area contributed by atoms with Crippen LogP contribution in [0.1, 0.15) is 5.69 Å². The van der Waals surface area contributed by atoms with Gasteiger partial charge in [-0.3, -0.25) is 20.0 Å². The quantitative estimate of drug-likeness (QED) is 0.147. The molecule has 8 nitrogen and oxygen atoms in total. The summed E-state index contributed by atoms with van der Waals surface area (Å²) in [6.45, 7) is 0. The maximum atomic E-state index is 13.1. The van der Waals surface area contributed by atoms with Crippen molar-refractivity contribution in [3.8, 4) is 5.69 Å². The summed E-state index contributed by atoms with van der Waals surface area (Å²) in [6, 6.07) is 22.2. The lowest BCUT2D eigenvalue weighted by atomic mass is 10.3. The van der Waals surface area contributed by atoms with Gasteiger partial charge >= 0.3 is 0 Å². The lowest BCUT2D eigenvalue weighted by Crippen LogP contribution is -2.13. The largest absolute Gasteiger partial charge is 0.299 e. The maximum absolute atomic E-state index is 13.1. The number of hydrogen-bond acceptors (Lipinski definition) is 6. The highest BCUT2D eigenvalue weighted by Crippen LogP contribution is 2.28. The van der Waals surface area contributed by atoms with E-state index in [4.69, 9.17) is 11.6 Å². The number of para-hydroxylation sites is 1. The van der Waals surface area contributed by atoms with Crippen LogP contribution in [0.4, 0.5) is 17.1 Å². The topological polar surface area (TPSA) is 106 Å². The summed E-state index contributed by atoms with van der Waals surface area (Å²) in [6.07, 6.45) is 0. The predicted octanol–water partition coefficient (Wildman–Crippen LogP) is 6.43. The molecule has 0 aliphatic heterocycles. The van der Waals surface area contributed by atoms with Crippen molar-refractivity contribution in [2.75, 3.05) is 0 Å². The minimum atomic E-state index is -0.488. The highest BCUT2D eigenvalue weighted by atomic mass is 35.5. The molecule has 0 atom stereocenters. The normalized spacial score (nSPS) is 11.2. The zero-order chi connectivity index (χ0) is 22.5. The molecule has 1 aromatic heterocycles. The third-order valence-corrected chi connectivity index (χ3v) is 5.77. The van der Waals surface area contributed by atoms with Crippen LogP contribution in [-0.2, 0) is 5.75 Å². The molecule has 32 heavy (non-hydrogen) atoms. The molecule has 4 rings (SSSR count). The monoisotopic (exact) mass is 465 g/mol. The number of thioether (sulfide) groups is 1. The second-order valence-electron chi connectivity index (χ2n) is 6.63. The van der Waals surface area contributed by atoms with E-state index in [0.717, 1.165) is 4.90 Å². The van der Waals surface area contributed by atoms with Crippen LogP contribution >= 0.6 is 23.4 Å². The van der Waals surface area contributed by atoms with Crippen LogP contribution in [0.3, 0.4) is 0 Å². The summed E-state index contributed by atoms with van der Waals surface area (Å²) in [7, 11) is 0. The highest BCUT2D eigenvalue weighted by Gasteiger charge is 2.16. The number of hydrogen-bond donors (Lipinski definition) is 1. The lowest BCUT2D eigenvalue weighted by molar-refractivity contribution is -0.384. The molecule has 0 saturated heterocycles. The van der Waals surface area contributed by atoms with E-state index in [1.54, 1.807) is 12.1 Å². The Morgan fingerprint density at radius 1 is 0.969 bits per heavy atom. The Bertz CT molecular complexity index is 1320. The number of nitrogens with one attached hydrogen (secondary N) is 1. The Morgan fingerprint density at radius 3 is 2.31 bits per heavy atom. The van der Waals surface area contributed by atoms with Crippen LogP contribution in [0.5, 0.6) is 0 Å². The number of nitro benzene ring substituents is 1. The van der Waals surface area contributed by atoms with Gasteiger partial charge in [-0.25, -0.2) is 4.68 Å². The van der Waals surface area contributed by atoms with Gasteiger partial charge < -0.3 is 0 Å². The van der Waals surface area contributed by atoms with Crippen molar-refractivity contribution in [2.45, 2.75) is 10.6 Å². The van der Waals surface area contributed by atoms with Crippen molar-refractivity contribution in [1.29, 1.82) is 0 Å². The smallest absolute Gasteiger partial charge is 0.292 e. The average Bonchev–Trinajstić information content (AvgIpc) is 3.13. The van der Waals surface area contributed by atoms with Gasteiger partial charge in [0.2, 0.25) is 0 Å². The number of aromatic amines is 1. The fourth-order valence-corrected chi connectivity index (χ4v) is 3.84. The molecule has 3 aromatic carbocycles. The van der Waals surface area contributed by atoms with Crippen molar-refractivity contribution in [3.05, 3.63) is 110 Å². The Labute approximate surface area is 191 Å². The summed E-state index contributed by atoms with van der Waals surface area (Å²) in [5, 5.41) is 22.9. The molecule has 1 heterocycles. The van der Waals surface area contributed by atoms with Crippen LogP contribution < -0.4 is 5.56 Å².